The van der Waals surface area contributed by atoms with Crippen molar-refractivity contribution in [2.45, 2.75) is 6.92 Å². The van der Waals surface area contributed by atoms with Crippen LogP contribution in [-0.4, -0.2) is 32.2 Å². The van der Waals surface area contributed by atoms with Gasteiger partial charge in [-0.2, -0.15) is 0 Å². The molecule has 0 amide bonds. The molecule has 0 aliphatic carbocycles. The molecule has 0 aliphatic heterocycles. The lowest BCUT2D eigenvalue weighted by Crippen LogP contribution is -2.26. The van der Waals surface area contributed by atoms with E-state index in [1.54, 1.807) is 18.3 Å². The molecule has 0 saturated carbocycles. The van der Waals surface area contributed by atoms with Crippen molar-refractivity contribution in [1.82, 2.24) is 10.3 Å². The summed E-state index contributed by atoms with van der Waals surface area (Å²) in [5, 5.41) is 2.96. The van der Waals surface area contributed by atoms with Gasteiger partial charge in [-0.15, -0.1) is 0 Å². The average molecular weight is 229 g/mol. The number of nitrogens with zero attached hydrogens (tertiary/aromatic N) is 1. The van der Waals surface area contributed by atoms with Crippen molar-refractivity contribution < 1.29 is 8.42 Å². The van der Waals surface area contributed by atoms with Crippen LogP contribution in [0.5, 0.6) is 0 Å². The molecule has 0 unspecified atom stereocenters. The predicted octanol–water partition coefficient (Wildman–Crippen LogP) is 0.433. The molecule has 15 heavy (non-hydrogen) atoms. The second-order valence-corrected chi connectivity index (χ2v) is 4.86. The Balaban J connectivity index is 2.50. The minimum absolute atomic E-state index is 0.0652. The summed E-state index contributed by atoms with van der Waals surface area (Å²) in [7, 11) is -3.26. The van der Waals surface area contributed by atoms with Gasteiger partial charge in [0.2, 0.25) is 10.0 Å². The Bertz CT molecular complexity index is 378. The van der Waals surface area contributed by atoms with Crippen molar-refractivity contribution in [3.05, 3.63) is 24.5 Å². The quantitative estimate of drug-likeness (QED) is 0.694. The zero-order valence-corrected chi connectivity index (χ0v) is 9.42. The molecule has 0 aliphatic rings. The van der Waals surface area contributed by atoms with Crippen molar-refractivity contribution in [2.75, 3.05) is 23.6 Å². The van der Waals surface area contributed by atoms with Gasteiger partial charge in [-0.25, -0.2) is 8.42 Å². The summed E-state index contributed by atoms with van der Waals surface area (Å²) in [5.41, 5.74) is 0.494. The van der Waals surface area contributed by atoms with Crippen molar-refractivity contribution in [2.24, 2.45) is 0 Å². The van der Waals surface area contributed by atoms with Crippen LogP contribution in [-0.2, 0) is 10.0 Å². The highest BCUT2D eigenvalue weighted by Gasteiger charge is 2.08. The lowest BCUT2D eigenvalue weighted by atomic mass is 10.4. The first-order chi connectivity index (χ1) is 7.14. The lowest BCUT2D eigenvalue weighted by molar-refractivity contribution is 0.597. The van der Waals surface area contributed by atoms with Gasteiger partial charge in [-0.3, -0.25) is 9.71 Å². The van der Waals surface area contributed by atoms with E-state index in [0.29, 0.717) is 12.2 Å². The number of anilines is 1. The lowest BCUT2D eigenvalue weighted by Gasteiger charge is -2.07. The number of sulfonamides is 1. The highest BCUT2D eigenvalue weighted by atomic mass is 32.2. The summed E-state index contributed by atoms with van der Waals surface area (Å²) in [5.74, 6) is 0.0652. The van der Waals surface area contributed by atoms with Crippen molar-refractivity contribution in [3.8, 4) is 0 Å². The van der Waals surface area contributed by atoms with Crippen LogP contribution in [0.3, 0.4) is 0 Å². The monoisotopic (exact) mass is 229 g/mol. The zero-order valence-electron chi connectivity index (χ0n) is 8.60. The van der Waals surface area contributed by atoms with Crippen LogP contribution < -0.4 is 10.0 Å². The van der Waals surface area contributed by atoms with Crippen LogP contribution in [0.25, 0.3) is 0 Å². The van der Waals surface area contributed by atoms with Gasteiger partial charge in [-0.05, 0) is 18.7 Å². The van der Waals surface area contributed by atoms with Crippen LogP contribution >= 0.6 is 0 Å². The van der Waals surface area contributed by atoms with Gasteiger partial charge in [0.15, 0.2) is 0 Å². The van der Waals surface area contributed by atoms with Crippen LogP contribution in [0.15, 0.2) is 24.5 Å². The maximum Gasteiger partial charge on any atom is 0.234 e. The molecule has 0 saturated heterocycles. The largest absolute Gasteiger partial charge is 0.316 e. The van der Waals surface area contributed by atoms with Gasteiger partial charge in [-0.1, -0.05) is 6.92 Å². The molecule has 84 valence electrons. The first-order valence-corrected chi connectivity index (χ1v) is 6.40. The van der Waals surface area contributed by atoms with E-state index in [9.17, 15) is 8.42 Å². The first-order valence-electron chi connectivity index (χ1n) is 4.75. The molecule has 0 bridgehead atoms. The smallest absolute Gasteiger partial charge is 0.234 e. The third-order valence-electron chi connectivity index (χ3n) is 1.73. The highest BCUT2D eigenvalue weighted by Crippen LogP contribution is 2.05. The molecule has 6 heteroatoms. The van der Waals surface area contributed by atoms with Crippen molar-refractivity contribution >= 4 is 15.7 Å². The molecule has 0 atom stereocenters. The number of hydrogen-bond donors (Lipinski definition) is 2. The molecule has 1 rings (SSSR count). The second kappa shape index (κ2) is 5.67. The van der Waals surface area contributed by atoms with Gasteiger partial charge < -0.3 is 5.32 Å². The van der Waals surface area contributed by atoms with Crippen molar-refractivity contribution in [3.63, 3.8) is 0 Å². The molecule has 1 aromatic heterocycles. The number of nitrogens with one attached hydrogen (secondary N) is 2. The number of hydrogen-bond acceptors (Lipinski definition) is 4. The predicted molar refractivity (Wildman–Crippen MR) is 60.2 cm³/mol. The van der Waals surface area contributed by atoms with E-state index < -0.39 is 10.0 Å². The number of aromatic nitrogens is 1. The topological polar surface area (TPSA) is 71.1 Å². The molecular formula is C9H15N3O2S. The summed E-state index contributed by atoms with van der Waals surface area (Å²) in [4.78, 5) is 3.82. The van der Waals surface area contributed by atoms with Crippen LogP contribution in [0, 0.1) is 0 Å². The third-order valence-corrected chi connectivity index (χ3v) is 3.02. The van der Waals surface area contributed by atoms with Crippen LogP contribution in [0.2, 0.25) is 0 Å². The Morgan fingerprint density at radius 1 is 1.47 bits per heavy atom. The fourth-order valence-corrected chi connectivity index (χ4v) is 2.03. The van der Waals surface area contributed by atoms with E-state index >= 15 is 0 Å². The SMILES string of the molecule is CCNCCS(=O)(=O)Nc1cccnc1. The van der Waals surface area contributed by atoms with Gasteiger partial charge in [0.25, 0.3) is 0 Å². The standard InChI is InChI=1S/C9H15N3O2S/c1-2-10-6-7-15(13,14)12-9-4-3-5-11-8-9/h3-5,8,10,12H,2,6-7H2,1H3. The molecular weight excluding hydrogens is 214 g/mol. The second-order valence-electron chi connectivity index (χ2n) is 3.02. The Labute approximate surface area is 90.0 Å². The summed E-state index contributed by atoms with van der Waals surface area (Å²) >= 11 is 0. The maximum absolute atomic E-state index is 11.5. The minimum atomic E-state index is -3.26. The number of rotatable bonds is 6. The summed E-state index contributed by atoms with van der Waals surface area (Å²) in [6, 6.07) is 3.35. The van der Waals surface area contributed by atoms with Crippen molar-refractivity contribution in [1.29, 1.82) is 0 Å². The Morgan fingerprint density at radius 2 is 2.27 bits per heavy atom. The normalized spacial score (nSPS) is 11.3. The molecule has 0 radical (unpaired) electrons. The van der Waals surface area contributed by atoms with Crippen LogP contribution in [0.1, 0.15) is 6.92 Å². The summed E-state index contributed by atoms with van der Waals surface area (Å²) in [6.45, 7) is 3.15. The molecule has 0 aromatic carbocycles. The fraction of sp³-hybridized carbons (Fsp3) is 0.444. The zero-order chi connectivity index (χ0) is 11.1. The molecule has 2 N–H and O–H groups in total. The Hall–Kier alpha value is -1.14. The number of pyridine rings is 1. The Kier molecular flexibility index (Phi) is 4.51. The third kappa shape index (κ3) is 4.75. The highest BCUT2D eigenvalue weighted by molar-refractivity contribution is 7.92. The molecule has 0 fully saturated rings. The van der Waals surface area contributed by atoms with E-state index in [-0.39, 0.29) is 5.75 Å². The van der Waals surface area contributed by atoms with E-state index in [4.69, 9.17) is 0 Å². The van der Waals surface area contributed by atoms with Gasteiger partial charge in [0.05, 0.1) is 17.6 Å². The van der Waals surface area contributed by atoms with E-state index in [0.717, 1.165) is 6.54 Å². The minimum Gasteiger partial charge on any atom is -0.316 e. The molecule has 0 spiro atoms. The average Bonchev–Trinajstić information content (AvgIpc) is 2.18. The Morgan fingerprint density at radius 3 is 2.87 bits per heavy atom. The van der Waals surface area contributed by atoms with E-state index in [1.165, 1.54) is 6.20 Å². The van der Waals surface area contributed by atoms with E-state index in [2.05, 4.69) is 15.0 Å². The summed E-state index contributed by atoms with van der Waals surface area (Å²) < 4.78 is 25.4. The van der Waals surface area contributed by atoms with Crippen LogP contribution in [0.4, 0.5) is 5.69 Å². The van der Waals surface area contributed by atoms with Gasteiger partial charge in [0, 0.05) is 12.7 Å². The maximum atomic E-state index is 11.5. The molecule has 1 heterocycles. The first kappa shape index (κ1) is 11.9. The van der Waals surface area contributed by atoms with E-state index in [1.807, 2.05) is 6.92 Å². The molecule has 1 aromatic rings. The summed E-state index contributed by atoms with van der Waals surface area (Å²) in [6.07, 6.45) is 3.07. The van der Waals surface area contributed by atoms with Gasteiger partial charge >= 0.3 is 0 Å². The fourth-order valence-electron chi connectivity index (χ4n) is 1.04. The molecule has 5 nitrogen and oxygen atoms in total. The van der Waals surface area contributed by atoms with Gasteiger partial charge in [0.1, 0.15) is 0 Å².